The van der Waals surface area contributed by atoms with E-state index in [1.54, 1.807) is 0 Å². The van der Waals surface area contributed by atoms with Gasteiger partial charge in [0.05, 0.1) is 23.9 Å². The molecule has 4 rings (SSSR count). The van der Waals surface area contributed by atoms with Crippen molar-refractivity contribution >= 4 is 17.2 Å². The van der Waals surface area contributed by atoms with Gasteiger partial charge in [0.1, 0.15) is 4.88 Å². The first-order chi connectivity index (χ1) is 13.6. The number of nitrogens with zero attached hydrogens (tertiary/aromatic N) is 3. The first-order valence-corrected chi connectivity index (χ1v) is 10.3. The molecule has 0 saturated carbocycles. The highest BCUT2D eigenvalue weighted by Crippen LogP contribution is 2.36. The molecule has 3 heterocycles. The van der Waals surface area contributed by atoms with Crippen molar-refractivity contribution in [2.75, 3.05) is 46.2 Å². The van der Waals surface area contributed by atoms with E-state index in [0.29, 0.717) is 18.0 Å². The molecule has 2 aliphatic heterocycles. The number of aromatic nitrogens is 1. The first-order valence-electron chi connectivity index (χ1n) is 9.52. The summed E-state index contributed by atoms with van der Waals surface area (Å²) in [6.45, 7) is 9.29. The third kappa shape index (κ3) is 4.14. The lowest BCUT2D eigenvalue weighted by Crippen LogP contribution is -2.42. The van der Waals surface area contributed by atoms with Crippen molar-refractivity contribution < 1.29 is 19.0 Å². The van der Waals surface area contributed by atoms with Crippen LogP contribution in [0.4, 0.5) is 0 Å². The van der Waals surface area contributed by atoms with Gasteiger partial charge in [-0.2, -0.15) is 0 Å². The summed E-state index contributed by atoms with van der Waals surface area (Å²) in [5.41, 5.74) is 1.76. The van der Waals surface area contributed by atoms with Gasteiger partial charge in [0.25, 0.3) is 5.91 Å². The molecule has 2 aliphatic rings. The Morgan fingerprint density at radius 2 is 2.07 bits per heavy atom. The maximum atomic E-state index is 13.3. The summed E-state index contributed by atoms with van der Waals surface area (Å²) in [6.07, 6.45) is 0. The lowest BCUT2D eigenvalue weighted by molar-refractivity contribution is 0.0320. The number of aryl methyl sites for hydroxylation is 2. The second-order valence-electron chi connectivity index (χ2n) is 6.98. The summed E-state index contributed by atoms with van der Waals surface area (Å²) in [7, 11) is 0. The number of morpholine rings is 1. The smallest absolute Gasteiger partial charge is 0.266 e. The van der Waals surface area contributed by atoms with Gasteiger partial charge in [-0.1, -0.05) is 12.1 Å². The largest absolute Gasteiger partial charge is 0.454 e. The molecule has 2 aromatic rings. The Balaban J connectivity index is 1.55. The van der Waals surface area contributed by atoms with Gasteiger partial charge in [0.15, 0.2) is 11.5 Å². The van der Waals surface area contributed by atoms with Crippen LogP contribution in [0, 0.1) is 13.8 Å². The van der Waals surface area contributed by atoms with Crippen LogP contribution in [0.15, 0.2) is 18.2 Å². The molecule has 0 unspecified atom stereocenters. The molecule has 1 aromatic heterocycles. The Hall–Kier alpha value is -2.16. The van der Waals surface area contributed by atoms with E-state index in [1.807, 2.05) is 36.9 Å². The number of fused-ring (bicyclic) bond motifs is 1. The van der Waals surface area contributed by atoms with Crippen LogP contribution in [-0.2, 0) is 11.3 Å². The van der Waals surface area contributed by atoms with Gasteiger partial charge >= 0.3 is 0 Å². The number of ether oxygens (including phenoxy) is 3. The fourth-order valence-corrected chi connectivity index (χ4v) is 4.42. The topological polar surface area (TPSA) is 64.1 Å². The Bertz CT molecular complexity index is 848. The van der Waals surface area contributed by atoms with E-state index >= 15 is 0 Å². The molecule has 28 heavy (non-hydrogen) atoms. The van der Waals surface area contributed by atoms with E-state index in [1.165, 1.54) is 11.3 Å². The predicted molar refractivity (Wildman–Crippen MR) is 106 cm³/mol. The number of benzene rings is 1. The van der Waals surface area contributed by atoms with E-state index in [4.69, 9.17) is 14.2 Å². The normalized spacial score (nSPS) is 16.4. The van der Waals surface area contributed by atoms with E-state index in [2.05, 4.69) is 9.88 Å². The number of hydrogen-bond acceptors (Lipinski definition) is 7. The monoisotopic (exact) mass is 403 g/mol. The van der Waals surface area contributed by atoms with E-state index in [-0.39, 0.29) is 12.7 Å². The van der Waals surface area contributed by atoms with Crippen LogP contribution in [0.2, 0.25) is 0 Å². The standard InChI is InChI=1S/C20H25N3O4S/c1-14-19(28-15(2)21-14)20(24)23(7-6-22-8-10-25-11-9-22)12-16-4-3-5-17-18(16)27-13-26-17/h3-5H,6-13H2,1-2H3. The molecule has 8 heteroatoms. The zero-order valence-electron chi connectivity index (χ0n) is 16.3. The van der Waals surface area contributed by atoms with Crippen molar-refractivity contribution in [2.45, 2.75) is 20.4 Å². The zero-order valence-corrected chi connectivity index (χ0v) is 17.1. The minimum absolute atomic E-state index is 0.0212. The molecule has 1 aromatic carbocycles. The molecule has 0 N–H and O–H groups in total. The summed E-state index contributed by atoms with van der Waals surface area (Å²) in [5.74, 6) is 1.50. The van der Waals surface area contributed by atoms with Crippen LogP contribution >= 0.6 is 11.3 Å². The van der Waals surface area contributed by atoms with Crippen molar-refractivity contribution in [3.63, 3.8) is 0 Å². The zero-order chi connectivity index (χ0) is 19.5. The molecule has 7 nitrogen and oxygen atoms in total. The molecule has 1 amide bonds. The molecule has 0 radical (unpaired) electrons. The minimum Gasteiger partial charge on any atom is -0.454 e. The van der Waals surface area contributed by atoms with Gasteiger partial charge in [0.2, 0.25) is 6.79 Å². The van der Waals surface area contributed by atoms with Gasteiger partial charge in [0, 0.05) is 38.3 Å². The fourth-order valence-electron chi connectivity index (χ4n) is 3.53. The summed E-state index contributed by atoms with van der Waals surface area (Å²) in [5, 5.41) is 0.909. The van der Waals surface area contributed by atoms with Crippen LogP contribution in [0.3, 0.4) is 0 Å². The van der Waals surface area contributed by atoms with Crippen molar-refractivity contribution in [3.8, 4) is 11.5 Å². The highest BCUT2D eigenvalue weighted by atomic mass is 32.1. The Morgan fingerprint density at radius 3 is 2.82 bits per heavy atom. The van der Waals surface area contributed by atoms with E-state index in [9.17, 15) is 4.79 Å². The number of thiazole rings is 1. The summed E-state index contributed by atoms with van der Waals surface area (Å²) < 4.78 is 16.6. The molecule has 0 atom stereocenters. The molecule has 0 bridgehead atoms. The van der Waals surface area contributed by atoms with Gasteiger partial charge in [-0.15, -0.1) is 11.3 Å². The predicted octanol–water partition coefficient (Wildman–Crippen LogP) is 2.46. The van der Waals surface area contributed by atoms with Crippen LogP contribution in [0.5, 0.6) is 11.5 Å². The molecular weight excluding hydrogens is 378 g/mol. The quantitative estimate of drug-likeness (QED) is 0.738. The highest BCUT2D eigenvalue weighted by molar-refractivity contribution is 7.13. The molecule has 0 spiro atoms. The second-order valence-corrected chi connectivity index (χ2v) is 8.18. The summed E-state index contributed by atoms with van der Waals surface area (Å²) in [6, 6.07) is 5.82. The minimum atomic E-state index is 0.0212. The van der Waals surface area contributed by atoms with Crippen molar-refractivity contribution in [1.29, 1.82) is 0 Å². The van der Waals surface area contributed by atoms with E-state index in [0.717, 1.165) is 60.6 Å². The van der Waals surface area contributed by atoms with Gasteiger partial charge in [-0.05, 0) is 19.9 Å². The van der Waals surface area contributed by atoms with Gasteiger partial charge in [-0.3, -0.25) is 9.69 Å². The Morgan fingerprint density at radius 1 is 1.25 bits per heavy atom. The van der Waals surface area contributed by atoms with Gasteiger partial charge < -0.3 is 19.1 Å². The molecular formula is C20H25N3O4S. The first kappa shape index (κ1) is 19.2. The van der Waals surface area contributed by atoms with Crippen LogP contribution in [0.25, 0.3) is 0 Å². The molecule has 1 saturated heterocycles. The number of carbonyl (C=O) groups is 1. The van der Waals surface area contributed by atoms with Crippen molar-refractivity contribution in [1.82, 2.24) is 14.8 Å². The number of hydrogen-bond donors (Lipinski definition) is 0. The third-order valence-electron chi connectivity index (χ3n) is 5.01. The Kier molecular flexibility index (Phi) is 5.79. The lowest BCUT2D eigenvalue weighted by Gasteiger charge is -2.30. The number of carbonyl (C=O) groups excluding carboxylic acids is 1. The maximum Gasteiger partial charge on any atom is 0.266 e. The van der Waals surface area contributed by atoms with Crippen molar-refractivity contribution in [2.24, 2.45) is 0 Å². The molecule has 0 aliphatic carbocycles. The van der Waals surface area contributed by atoms with Crippen LogP contribution < -0.4 is 9.47 Å². The maximum absolute atomic E-state index is 13.3. The molecule has 1 fully saturated rings. The summed E-state index contributed by atoms with van der Waals surface area (Å²) in [4.78, 5) is 22.7. The van der Waals surface area contributed by atoms with Crippen molar-refractivity contribution in [3.05, 3.63) is 39.3 Å². The second kappa shape index (κ2) is 8.46. The SMILES string of the molecule is Cc1nc(C)c(C(=O)N(CCN2CCOCC2)Cc2cccc3c2OCO3)s1. The van der Waals surface area contributed by atoms with E-state index < -0.39 is 0 Å². The van der Waals surface area contributed by atoms with Crippen LogP contribution in [-0.4, -0.2) is 66.9 Å². The lowest BCUT2D eigenvalue weighted by atomic mass is 10.1. The van der Waals surface area contributed by atoms with Crippen LogP contribution in [0.1, 0.15) is 25.9 Å². The molecule has 150 valence electrons. The summed E-state index contributed by atoms with van der Waals surface area (Å²) >= 11 is 1.46. The number of rotatable bonds is 6. The number of para-hydroxylation sites is 1. The average Bonchev–Trinajstić information content (AvgIpc) is 3.31. The number of amides is 1. The average molecular weight is 404 g/mol. The third-order valence-corrected chi connectivity index (χ3v) is 6.08. The highest BCUT2D eigenvalue weighted by Gasteiger charge is 2.25. The Labute approximate surface area is 168 Å². The van der Waals surface area contributed by atoms with Gasteiger partial charge in [-0.25, -0.2) is 4.98 Å². The fraction of sp³-hybridized carbons (Fsp3) is 0.500.